The number of hydrogen-bond acceptors (Lipinski definition) is 3. The maximum atomic E-state index is 12.0. The van der Waals surface area contributed by atoms with Crippen LogP contribution in [-0.4, -0.2) is 27.5 Å². The SMILES string of the molecule is CC(C)C(CN)c1cncn1CC(=O)NC(C)(C)C. The second-order valence-corrected chi connectivity index (χ2v) is 6.33. The highest BCUT2D eigenvalue weighted by atomic mass is 16.2. The van der Waals surface area contributed by atoms with Crippen LogP contribution in [0.25, 0.3) is 0 Å². The number of aromatic nitrogens is 2. The molecule has 1 aromatic heterocycles. The lowest BCUT2D eigenvalue weighted by molar-refractivity contribution is -0.123. The van der Waals surface area contributed by atoms with Crippen LogP contribution in [0, 0.1) is 5.92 Å². The summed E-state index contributed by atoms with van der Waals surface area (Å²) in [6.45, 7) is 11.0. The van der Waals surface area contributed by atoms with Crippen LogP contribution in [0.2, 0.25) is 0 Å². The van der Waals surface area contributed by atoms with Gasteiger partial charge in [-0.05, 0) is 26.7 Å². The van der Waals surface area contributed by atoms with Gasteiger partial charge in [-0.1, -0.05) is 13.8 Å². The number of rotatable bonds is 5. The Morgan fingerprint density at radius 2 is 2.11 bits per heavy atom. The van der Waals surface area contributed by atoms with Gasteiger partial charge in [0.25, 0.3) is 0 Å². The first-order chi connectivity index (χ1) is 8.74. The van der Waals surface area contributed by atoms with Crippen LogP contribution in [-0.2, 0) is 11.3 Å². The van der Waals surface area contributed by atoms with Gasteiger partial charge in [-0.2, -0.15) is 0 Å². The molecule has 5 nitrogen and oxygen atoms in total. The van der Waals surface area contributed by atoms with Gasteiger partial charge in [0.05, 0.1) is 6.33 Å². The molecule has 0 spiro atoms. The van der Waals surface area contributed by atoms with Gasteiger partial charge in [-0.3, -0.25) is 4.79 Å². The van der Waals surface area contributed by atoms with E-state index in [2.05, 4.69) is 24.1 Å². The number of hydrogen-bond donors (Lipinski definition) is 2. The summed E-state index contributed by atoms with van der Waals surface area (Å²) in [5.41, 5.74) is 6.63. The molecule has 5 heteroatoms. The zero-order valence-corrected chi connectivity index (χ0v) is 12.6. The van der Waals surface area contributed by atoms with E-state index in [0.29, 0.717) is 12.5 Å². The number of carbonyl (C=O) groups is 1. The molecular weight excluding hydrogens is 240 g/mol. The molecule has 0 aliphatic carbocycles. The van der Waals surface area contributed by atoms with Crippen molar-refractivity contribution in [3.8, 4) is 0 Å². The summed E-state index contributed by atoms with van der Waals surface area (Å²) in [5, 5.41) is 2.95. The van der Waals surface area contributed by atoms with E-state index in [0.717, 1.165) is 5.69 Å². The zero-order valence-electron chi connectivity index (χ0n) is 12.6. The Bertz CT molecular complexity index is 417. The van der Waals surface area contributed by atoms with Crippen molar-refractivity contribution in [1.29, 1.82) is 0 Å². The molecular formula is C14H26N4O. The van der Waals surface area contributed by atoms with Gasteiger partial charge in [0.2, 0.25) is 5.91 Å². The van der Waals surface area contributed by atoms with Crippen LogP contribution in [0.1, 0.15) is 46.2 Å². The normalized spacial score (nSPS) is 13.6. The molecule has 1 atom stereocenters. The predicted octanol–water partition coefficient (Wildman–Crippen LogP) is 1.50. The van der Waals surface area contributed by atoms with Crippen LogP contribution in [0.15, 0.2) is 12.5 Å². The van der Waals surface area contributed by atoms with E-state index in [-0.39, 0.29) is 23.9 Å². The lowest BCUT2D eigenvalue weighted by Crippen LogP contribution is -2.42. The van der Waals surface area contributed by atoms with Gasteiger partial charge in [0, 0.05) is 29.9 Å². The number of carbonyl (C=O) groups excluding carboxylic acids is 1. The Labute approximate surface area is 115 Å². The first kappa shape index (κ1) is 15.7. The summed E-state index contributed by atoms with van der Waals surface area (Å²) in [6.07, 6.45) is 3.50. The van der Waals surface area contributed by atoms with E-state index in [1.807, 2.05) is 31.5 Å². The second kappa shape index (κ2) is 6.19. The van der Waals surface area contributed by atoms with Gasteiger partial charge in [0.1, 0.15) is 6.54 Å². The molecule has 3 N–H and O–H groups in total. The maximum Gasteiger partial charge on any atom is 0.240 e. The van der Waals surface area contributed by atoms with E-state index in [1.165, 1.54) is 0 Å². The van der Waals surface area contributed by atoms with Crippen molar-refractivity contribution in [1.82, 2.24) is 14.9 Å². The van der Waals surface area contributed by atoms with Crippen LogP contribution in [0.5, 0.6) is 0 Å². The largest absolute Gasteiger partial charge is 0.350 e. The molecule has 0 saturated carbocycles. The molecule has 1 heterocycles. The molecule has 0 saturated heterocycles. The van der Waals surface area contributed by atoms with E-state index in [9.17, 15) is 4.79 Å². The quantitative estimate of drug-likeness (QED) is 0.848. The fourth-order valence-corrected chi connectivity index (χ4v) is 2.12. The minimum Gasteiger partial charge on any atom is -0.350 e. The van der Waals surface area contributed by atoms with Gasteiger partial charge >= 0.3 is 0 Å². The third kappa shape index (κ3) is 4.67. The second-order valence-electron chi connectivity index (χ2n) is 6.33. The van der Waals surface area contributed by atoms with Crippen molar-refractivity contribution >= 4 is 5.91 Å². The van der Waals surface area contributed by atoms with E-state index in [4.69, 9.17) is 5.73 Å². The molecule has 0 aliphatic rings. The highest BCUT2D eigenvalue weighted by molar-refractivity contribution is 5.76. The summed E-state index contributed by atoms with van der Waals surface area (Å²) < 4.78 is 1.89. The van der Waals surface area contributed by atoms with Gasteiger partial charge in [0.15, 0.2) is 0 Å². The lowest BCUT2D eigenvalue weighted by Gasteiger charge is -2.23. The fraction of sp³-hybridized carbons (Fsp3) is 0.714. The van der Waals surface area contributed by atoms with Crippen LogP contribution in [0.4, 0.5) is 0 Å². The van der Waals surface area contributed by atoms with Gasteiger partial charge in [-0.25, -0.2) is 4.98 Å². The van der Waals surface area contributed by atoms with Crippen molar-refractivity contribution < 1.29 is 4.79 Å². The van der Waals surface area contributed by atoms with Crippen molar-refractivity contribution in [3.63, 3.8) is 0 Å². The summed E-state index contributed by atoms with van der Waals surface area (Å²) in [5.74, 6) is 0.641. The Morgan fingerprint density at radius 1 is 1.47 bits per heavy atom. The Kier molecular flexibility index (Phi) is 5.11. The van der Waals surface area contributed by atoms with E-state index in [1.54, 1.807) is 6.33 Å². The molecule has 0 fully saturated rings. The monoisotopic (exact) mass is 266 g/mol. The van der Waals surface area contributed by atoms with Gasteiger partial charge < -0.3 is 15.6 Å². The van der Waals surface area contributed by atoms with Crippen molar-refractivity contribution in [2.75, 3.05) is 6.54 Å². The van der Waals surface area contributed by atoms with Crippen molar-refractivity contribution in [2.45, 2.75) is 52.6 Å². The summed E-state index contributed by atoms with van der Waals surface area (Å²) in [7, 11) is 0. The summed E-state index contributed by atoms with van der Waals surface area (Å²) >= 11 is 0. The Balaban J connectivity index is 2.81. The molecule has 19 heavy (non-hydrogen) atoms. The number of amides is 1. The highest BCUT2D eigenvalue weighted by Gasteiger charge is 2.20. The molecule has 108 valence electrons. The number of imidazole rings is 1. The van der Waals surface area contributed by atoms with E-state index >= 15 is 0 Å². The molecule has 0 radical (unpaired) electrons. The molecule has 0 aromatic carbocycles. The Morgan fingerprint density at radius 3 is 2.58 bits per heavy atom. The highest BCUT2D eigenvalue weighted by Crippen LogP contribution is 2.22. The zero-order chi connectivity index (χ0) is 14.6. The van der Waals surface area contributed by atoms with Crippen molar-refractivity contribution in [3.05, 3.63) is 18.2 Å². The van der Waals surface area contributed by atoms with E-state index < -0.39 is 0 Å². The first-order valence-corrected chi connectivity index (χ1v) is 6.75. The smallest absolute Gasteiger partial charge is 0.240 e. The predicted molar refractivity (Wildman–Crippen MR) is 76.8 cm³/mol. The summed E-state index contributed by atoms with van der Waals surface area (Å²) in [6, 6.07) is 0. The van der Waals surface area contributed by atoms with Crippen LogP contribution < -0.4 is 11.1 Å². The minimum absolute atomic E-state index is 0.00808. The van der Waals surface area contributed by atoms with Gasteiger partial charge in [-0.15, -0.1) is 0 Å². The fourth-order valence-electron chi connectivity index (χ4n) is 2.12. The number of nitrogens with zero attached hydrogens (tertiary/aromatic N) is 2. The number of nitrogens with two attached hydrogens (primary N) is 1. The molecule has 0 bridgehead atoms. The minimum atomic E-state index is -0.219. The average Bonchev–Trinajstić information content (AvgIpc) is 2.63. The molecule has 1 amide bonds. The lowest BCUT2D eigenvalue weighted by atomic mass is 9.93. The van der Waals surface area contributed by atoms with Crippen LogP contribution >= 0.6 is 0 Å². The first-order valence-electron chi connectivity index (χ1n) is 6.75. The maximum absolute atomic E-state index is 12.0. The average molecular weight is 266 g/mol. The topological polar surface area (TPSA) is 72.9 Å². The molecule has 0 aliphatic heterocycles. The molecule has 1 rings (SSSR count). The number of nitrogens with one attached hydrogen (secondary N) is 1. The molecule has 1 unspecified atom stereocenters. The third-order valence-corrected chi connectivity index (χ3v) is 3.01. The summed E-state index contributed by atoms with van der Waals surface area (Å²) in [4.78, 5) is 16.1. The third-order valence-electron chi connectivity index (χ3n) is 3.01. The van der Waals surface area contributed by atoms with Crippen molar-refractivity contribution in [2.24, 2.45) is 11.7 Å². The molecule has 1 aromatic rings. The van der Waals surface area contributed by atoms with Crippen LogP contribution in [0.3, 0.4) is 0 Å². The Hall–Kier alpha value is -1.36. The standard InChI is InChI=1S/C14H26N4O/c1-10(2)11(6-15)12-7-16-9-18(12)8-13(19)17-14(3,4)5/h7,9-11H,6,8,15H2,1-5H3,(H,17,19).